The van der Waals surface area contributed by atoms with Crippen molar-refractivity contribution in [2.75, 3.05) is 19.0 Å². The molecule has 3 nitrogen and oxygen atoms in total. The molecule has 0 saturated carbocycles. The van der Waals surface area contributed by atoms with Gasteiger partial charge in [-0.05, 0) is 12.1 Å². The SMILES string of the molecule is CN(C)c1ccc2c(c1Cl)C(=O)c1ccccc1C2=O. The van der Waals surface area contributed by atoms with Crippen molar-refractivity contribution >= 4 is 28.9 Å². The Bertz CT molecular complexity index is 750. The van der Waals surface area contributed by atoms with Crippen molar-refractivity contribution in [3.63, 3.8) is 0 Å². The molecule has 1 aliphatic carbocycles. The van der Waals surface area contributed by atoms with Gasteiger partial charge >= 0.3 is 0 Å². The Morgan fingerprint density at radius 2 is 1.45 bits per heavy atom. The molecule has 0 N–H and O–H groups in total. The molecule has 0 aromatic heterocycles. The standard InChI is InChI=1S/C16H12ClNO2/c1-18(2)12-8-7-11-13(14(12)17)16(20)10-6-4-3-5-9(10)15(11)19/h3-8H,1-2H3. The number of carbonyl (C=O) groups excluding carboxylic acids is 2. The van der Waals surface area contributed by atoms with Crippen LogP contribution >= 0.6 is 11.6 Å². The minimum Gasteiger partial charge on any atom is -0.376 e. The van der Waals surface area contributed by atoms with Crippen molar-refractivity contribution < 1.29 is 9.59 Å². The van der Waals surface area contributed by atoms with Crippen molar-refractivity contribution in [1.29, 1.82) is 0 Å². The summed E-state index contributed by atoms with van der Waals surface area (Å²) in [5.41, 5.74) is 2.28. The van der Waals surface area contributed by atoms with Gasteiger partial charge in [0.2, 0.25) is 0 Å². The third-order valence-electron chi connectivity index (χ3n) is 3.49. The molecule has 1 aliphatic rings. The lowest BCUT2D eigenvalue weighted by molar-refractivity contribution is 0.0979. The number of benzene rings is 2. The second kappa shape index (κ2) is 4.46. The van der Waals surface area contributed by atoms with Gasteiger partial charge in [-0.1, -0.05) is 35.9 Å². The fourth-order valence-corrected chi connectivity index (χ4v) is 2.90. The lowest BCUT2D eigenvalue weighted by Gasteiger charge is -2.22. The Kier molecular flexibility index (Phi) is 2.87. The molecule has 2 aromatic carbocycles. The van der Waals surface area contributed by atoms with E-state index >= 15 is 0 Å². The number of nitrogens with zero attached hydrogens (tertiary/aromatic N) is 1. The van der Waals surface area contributed by atoms with Gasteiger partial charge in [0.25, 0.3) is 0 Å². The highest BCUT2D eigenvalue weighted by Gasteiger charge is 2.32. The maximum Gasteiger partial charge on any atom is 0.196 e. The highest BCUT2D eigenvalue weighted by Crippen LogP contribution is 2.36. The average Bonchev–Trinajstić information content (AvgIpc) is 2.44. The third kappa shape index (κ3) is 1.67. The summed E-state index contributed by atoms with van der Waals surface area (Å²) < 4.78 is 0. The summed E-state index contributed by atoms with van der Waals surface area (Å²) in [5, 5.41) is 0.334. The number of ketones is 2. The van der Waals surface area contributed by atoms with Gasteiger partial charge in [0.1, 0.15) is 0 Å². The quantitative estimate of drug-likeness (QED) is 0.689. The van der Waals surface area contributed by atoms with Gasteiger partial charge in [-0.3, -0.25) is 9.59 Å². The maximum absolute atomic E-state index is 12.6. The first-order chi connectivity index (χ1) is 9.52. The summed E-state index contributed by atoms with van der Waals surface area (Å²) in [5.74, 6) is -0.341. The van der Waals surface area contributed by atoms with Gasteiger partial charge in [-0.15, -0.1) is 0 Å². The number of anilines is 1. The topological polar surface area (TPSA) is 37.4 Å². The van der Waals surface area contributed by atoms with E-state index in [1.54, 1.807) is 36.4 Å². The van der Waals surface area contributed by atoms with Crippen molar-refractivity contribution in [2.45, 2.75) is 0 Å². The highest BCUT2D eigenvalue weighted by molar-refractivity contribution is 6.41. The Balaban J connectivity index is 2.31. The lowest BCUT2D eigenvalue weighted by Crippen LogP contribution is -2.22. The van der Waals surface area contributed by atoms with Crippen LogP contribution in [-0.2, 0) is 0 Å². The van der Waals surface area contributed by atoms with Gasteiger partial charge in [0, 0.05) is 30.8 Å². The van der Waals surface area contributed by atoms with Crippen LogP contribution in [0.15, 0.2) is 36.4 Å². The second-order valence-corrected chi connectivity index (χ2v) is 5.30. The molecular formula is C16H12ClNO2. The van der Waals surface area contributed by atoms with Crippen molar-refractivity contribution in [1.82, 2.24) is 0 Å². The van der Waals surface area contributed by atoms with Crippen LogP contribution in [0.25, 0.3) is 0 Å². The van der Waals surface area contributed by atoms with Crippen LogP contribution in [0.4, 0.5) is 5.69 Å². The van der Waals surface area contributed by atoms with Crippen LogP contribution < -0.4 is 4.90 Å². The molecule has 20 heavy (non-hydrogen) atoms. The monoisotopic (exact) mass is 285 g/mol. The zero-order chi connectivity index (χ0) is 14.4. The van der Waals surface area contributed by atoms with Crippen molar-refractivity contribution in [3.05, 3.63) is 63.7 Å². The molecule has 100 valence electrons. The Labute approximate surface area is 121 Å². The number of rotatable bonds is 1. The number of halogens is 1. The van der Waals surface area contributed by atoms with E-state index in [1.165, 1.54) is 0 Å². The molecule has 2 aromatic rings. The van der Waals surface area contributed by atoms with E-state index in [-0.39, 0.29) is 11.6 Å². The van der Waals surface area contributed by atoms with E-state index in [2.05, 4.69) is 0 Å². The van der Waals surface area contributed by atoms with E-state index < -0.39 is 0 Å². The number of hydrogen-bond donors (Lipinski definition) is 0. The van der Waals surface area contributed by atoms with Crippen LogP contribution in [0.2, 0.25) is 5.02 Å². The van der Waals surface area contributed by atoms with Crippen LogP contribution in [0, 0.1) is 0 Å². The third-order valence-corrected chi connectivity index (χ3v) is 3.87. The predicted octanol–water partition coefficient (Wildman–Crippen LogP) is 3.18. The van der Waals surface area contributed by atoms with Crippen LogP contribution in [0.1, 0.15) is 31.8 Å². The molecule has 3 rings (SSSR count). The molecule has 0 aliphatic heterocycles. The van der Waals surface area contributed by atoms with Gasteiger partial charge in [-0.2, -0.15) is 0 Å². The summed E-state index contributed by atoms with van der Waals surface area (Å²) in [6.45, 7) is 0. The van der Waals surface area contributed by atoms with E-state index in [1.807, 2.05) is 19.0 Å². The van der Waals surface area contributed by atoms with E-state index in [9.17, 15) is 9.59 Å². The van der Waals surface area contributed by atoms with Gasteiger partial charge < -0.3 is 4.90 Å². The van der Waals surface area contributed by atoms with Gasteiger partial charge in [0.15, 0.2) is 11.6 Å². The fourth-order valence-electron chi connectivity index (χ4n) is 2.48. The van der Waals surface area contributed by atoms with Gasteiger partial charge in [-0.25, -0.2) is 0 Å². The first-order valence-corrected chi connectivity index (χ1v) is 6.58. The summed E-state index contributed by atoms with van der Waals surface area (Å²) in [7, 11) is 3.69. The normalized spacial score (nSPS) is 12.9. The molecule has 0 atom stereocenters. The molecule has 0 fully saturated rings. The molecule has 0 unspecified atom stereocenters. The summed E-state index contributed by atoms with van der Waals surface area (Å²) in [6, 6.07) is 10.3. The second-order valence-electron chi connectivity index (χ2n) is 4.92. The van der Waals surface area contributed by atoms with E-state index in [0.717, 1.165) is 5.69 Å². The molecule has 0 spiro atoms. The molecule has 0 amide bonds. The Hall–Kier alpha value is -2.13. The summed E-state index contributed by atoms with van der Waals surface area (Å²) in [6.07, 6.45) is 0. The Morgan fingerprint density at radius 3 is 2.05 bits per heavy atom. The minimum atomic E-state index is -0.191. The Morgan fingerprint density at radius 1 is 0.850 bits per heavy atom. The predicted molar refractivity (Wildman–Crippen MR) is 79.1 cm³/mol. The summed E-state index contributed by atoms with van der Waals surface area (Å²) >= 11 is 6.33. The minimum absolute atomic E-state index is 0.151. The van der Waals surface area contributed by atoms with E-state index in [4.69, 9.17) is 11.6 Å². The molecule has 0 radical (unpaired) electrons. The zero-order valence-electron chi connectivity index (χ0n) is 11.1. The molecule has 0 heterocycles. The van der Waals surface area contributed by atoms with E-state index in [0.29, 0.717) is 27.3 Å². The van der Waals surface area contributed by atoms with Crippen molar-refractivity contribution in [2.24, 2.45) is 0 Å². The average molecular weight is 286 g/mol. The van der Waals surface area contributed by atoms with Crippen LogP contribution in [0.3, 0.4) is 0 Å². The van der Waals surface area contributed by atoms with Crippen molar-refractivity contribution in [3.8, 4) is 0 Å². The fraction of sp³-hybridized carbons (Fsp3) is 0.125. The van der Waals surface area contributed by atoms with Crippen LogP contribution in [-0.4, -0.2) is 25.7 Å². The number of carbonyl (C=O) groups is 2. The first-order valence-electron chi connectivity index (χ1n) is 6.20. The largest absolute Gasteiger partial charge is 0.376 e. The smallest absolute Gasteiger partial charge is 0.196 e. The molecule has 0 saturated heterocycles. The number of fused-ring (bicyclic) bond motifs is 2. The lowest BCUT2D eigenvalue weighted by atomic mass is 9.84. The maximum atomic E-state index is 12.6. The molecular weight excluding hydrogens is 274 g/mol. The van der Waals surface area contributed by atoms with Gasteiger partial charge in [0.05, 0.1) is 16.3 Å². The molecule has 0 bridgehead atoms. The highest BCUT2D eigenvalue weighted by atomic mass is 35.5. The number of hydrogen-bond acceptors (Lipinski definition) is 3. The van der Waals surface area contributed by atoms with Crippen LogP contribution in [0.5, 0.6) is 0 Å². The molecule has 4 heteroatoms. The summed E-state index contributed by atoms with van der Waals surface area (Å²) in [4.78, 5) is 26.9. The zero-order valence-corrected chi connectivity index (χ0v) is 11.9. The first kappa shape index (κ1) is 12.9.